The zero-order valence-electron chi connectivity index (χ0n) is 12.0. The van der Waals surface area contributed by atoms with Gasteiger partial charge in [-0.25, -0.2) is 4.79 Å². The largest absolute Gasteiger partial charge is 0.464 e. The summed E-state index contributed by atoms with van der Waals surface area (Å²) in [6.45, 7) is 1.93. The number of benzene rings is 1. The van der Waals surface area contributed by atoms with E-state index in [4.69, 9.17) is 4.74 Å². The van der Waals surface area contributed by atoms with Crippen LogP contribution in [0.1, 0.15) is 30.1 Å². The summed E-state index contributed by atoms with van der Waals surface area (Å²) in [5, 5.41) is 0. The minimum absolute atomic E-state index is 0.192. The maximum atomic E-state index is 12.5. The van der Waals surface area contributed by atoms with Crippen LogP contribution in [0.15, 0.2) is 29.2 Å². The first-order valence-electron chi connectivity index (χ1n) is 6.75. The van der Waals surface area contributed by atoms with Crippen LogP contribution in [0, 0.1) is 0 Å². The van der Waals surface area contributed by atoms with Crippen LogP contribution in [0.2, 0.25) is 0 Å². The van der Waals surface area contributed by atoms with Crippen molar-refractivity contribution in [2.24, 2.45) is 0 Å². The molecule has 2 rings (SSSR count). The zero-order chi connectivity index (χ0) is 15.4. The van der Waals surface area contributed by atoms with E-state index in [0.29, 0.717) is 12.0 Å². The molecular formula is C15H17NO4S. The number of nitrogens with zero attached hydrogens (tertiary/aromatic N) is 1. The van der Waals surface area contributed by atoms with E-state index in [0.717, 1.165) is 9.80 Å². The Bertz CT molecular complexity index is 573. The molecule has 21 heavy (non-hydrogen) atoms. The van der Waals surface area contributed by atoms with Gasteiger partial charge in [-0.3, -0.25) is 14.5 Å². The fraction of sp³-hybridized carbons (Fsp3) is 0.400. The molecule has 2 amide bonds. The average Bonchev–Trinajstić information content (AvgIpc) is 2.88. The molecule has 5 nitrogen and oxygen atoms in total. The Labute approximate surface area is 127 Å². The van der Waals surface area contributed by atoms with E-state index < -0.39 is 17.9 Å². The molecule has 0 radical (unpaired) electrons. The molecule has 1 unspecified atom stereocenters. The number of imide groups is 1. The first kappa shape index (κ1) is 15.6. The Balaban J connectivity index is 2.26. The van der Waals surface area contributed by atoms with Crippen molar-refractivity contribution in [3.05, 3.63) is 29.8 Å². The van der Waals surface area contributed by atoms with E-state index >= 15 is 0 Å². The number of thioether (sulfide) groups is 1. The van der Waals surface area contributed by atoms with Gasteiger partial charge in [-0.1, -0.05) is 6.07 Å². The van der Waals surface area contributed by atoms with Gasteiger partial charge in [0, 0.05) is 16.9 Å². The monoisotopic (exact) mass is 307 g/mol. The normalized spacial score (nSPS) is 17.9. The maximum Gasteiger partial charge on any atom is 0.329 e. The molecule has 0 saturated carbocycles. The molecule has 1 aromatic carbocycles. The topological polar surface area (TPSA) is 63.7 Å². The summed E-state index contributed by atoms with van der Waals surface area (Å²) in [5.41, 5.74) is 0.409. The summed E-state index contributed by atoms with van der Waals surface area (Å²) < 4.78 is 4.95. The highest BCUT2D eigenvalue weighted by Crippen LogP contribution is 2.24. The minimum Gasteiger partial charge on any atom is -0.464 e. The summed E-state index contributed by atoms with van der Waals surface area (Å²) >= 11 is 1.51. The van der Waals surface area contributed by atoms with Crippen molar-refractivity contribution in [2.75, 3.05) is 12.9 Å². The van der Waals surface area contributed by atoms with Crippen molar-refractivity contribution >= 4 is 29.5 Å². The zero-order valence-corrected chi connectivity index (χ0v) is 12.8. The van der Waals surface area contributed by atoms with Gasteiger partial charge >= 0.3 is 5.97 Å². The van der Waals surface area contributed by atoms with Gasteiger partial charge in [-0.2, -0.15) is 0 Å². The molecule has 6 heteroatoms. The van der Waals surface area contributed by atoms with Crippen LogP contribution in [-0.4, -0.2) is 41.6 Å². The highest BCUT2D eigenvalue weighted by molar-refractivity contribution is 7.98. The van der Waals surface area contributed by atoms with Crippen molar-refractivity contribution in [3.8, 4) is 0 Å². The molecule has 0 aliphatic carbocycles. The standard InChI is InChI=1S/C15H17NO4S/c1-3-20-15(19)12-7-8-13(17)16(12)14(18)10-5-4-6-11(9-10)21-2/h4-6,9,12H,3,7-8H2,1-2H3. The van der Waals surface area contributed by atoms with E-state index in [1.54, 1.807) is 25.1 Å². The number of ether oxygens (including phenoxy) is 1. The molecule has 112 valence electrons. The molecule has 0 N–H and O–H groups in total. The Morgan fingerprint density at radius 3 is 2.86 bits per heavy atom. The average molecular weight is 307 g/mol. The smallest absolute Gasteiger partial charge is 0.329 e. The van der Waals surface area contributed by atoms with E-state index in [9.17, 15) is 14.4 Å². The highest BCUT2D eigenvalue weighted by Gasteiger charge is 2.41. The van der Waals surface area contributed by atoms with E-state index in [-0.39, 0.29) is 18.9 Å². The van der Waals surface area contributed by atoms with Gasteiger partial charge in [0.05, 0.1) is 6.61 Å². The quantitative estimate of drug-likeness (QED) is 0.484. The Morgan fingerprint density at radius 1 is 1.43 bits per heavy atom. The summed E-state index contributed by atoms with van der Waals surface area (Å²) in [4.78, 5) is 38.3. The predicted octanol–water partition coefficient (Wildman–Crippen LogP) is 2.10. The summed E-state index contributed by atoms with van der Waals surface area (Å²) in [6, 6.07) is 6.22. The molecule has 0 aromatic heterocycles. The van der Waals surface area contributed by atoms with Gasteiger partial charge < -0.3 is 4.74 Å². The molecule has 0 bridgehead atoms. The van der Waals surface area contributed by atoms with E-state index in [1.165, 1.54) is 11.8 Å². The van der Waals surface area contributed by atoms with Gasteiger partial charge in [-0.05, 0) is 37.8 Å². The third-order valence-electron chi connectivity index (χ3n) is 3.31. The number of likely N-dealkylation sites (tertiary alicyclic amines) is 1. The third-order valence-corrected chi connectivity index (χ3v) is 4.03. The second-order valence-electron chi connectivity index (χ2n) is 4.61. The fourth-order valence-corrected chi connectivity index (χ4v) is 2.75. The molecule has 1 heterocycles. The number of amides is 2. The van der Waals surface area contributed by atoms with Crippen molar-refractivity contribution < 1.29 is 19.1 Å². The molecule has 1 aliphatic heterocycles. The Hall–Kier alpha value is -1.82. The first-order chi connectivity index (χ1) is 10.1. The van der Waals surface area contributed by atoms with Crippen LogP contribution in [-0.2, 0) is 14.3 Å². The highest BCUT2D eigenvalue weighted by atomic mass is 32.2. The first-order valence-corrected chi connectivity index (χ1v) is 7.98. The predicted molar refractivity (Wildman–Crippen MR) is 79.1 cm³/mol. The van der Waals surface area contributed by atoms with Gasteiger partial charge in [0.2, 0.25) is 5.91 Å². The Morgan fingerprint density at radius 2 is 2.19 bits per heavy atom. The van der Waals surface area contributed by atoms with Crippen LogP contribution in [0.4, 0.5) is 0 Å². The summed E-state index contributed by atoms with van der Waals surface area (Å²) in [5.74, 6) is -1.28. The van der Waals surface area contributed by atoms with Gasteiger partial charge in [0.25, 0.3) is 5.91 Å². The van der Waals surface area contributed by atoms with Crippen LogP contribution in [0.5, 0.6) is 0 Å². The summed E-state index contributed by atoms with van der Waals surface area (Å²) in [7, 11) is 0. The fourth-order valence-electron chi connectivity index (χ4n) is 2.30. The molecular weight excluding hydrogens is 290 g/mol. The van der Waals surface area contributed by atoms with E-state index in [1.807, 2.05) is 12.3 Å². The van der Waals surface area contributed by atoms with Crippen LogP contribution in [0.25, 0.3) is 0 Å². The number of rotatable bonds is 4. The van der Waals surface area contributed by atoms with E-state index in [2.05, 4.69) is 0 Å². The van der Waals surface area contributed by atoms with Crippen molar-refractivity contribution in [1.82, 2.24) is 4.90 Å². The third kappa shape index (κ3) is 3.26. The second kappa shape index (κ2) is 6.76. The lowest BCUT2D eigenvalue weighted by molar-refractivity contribution is -0.149. The van der Waals surface area contributed by atoms with Crippen LogP contribution in [0.3, 0.4) is 0 Å². The van der Waals surface area contributed by atoms with Gasteiger partial charge in [0.1, 0.15) is 6.04 Å². The van der Waals surface area contributed by atoms with Crippen molar-refractivity contribution in [1.29, 1.82) is 0 Å². The van der Waals surface area contributed by atoms with Crippen molar-refractivity contribution in [2.45, 2.75) is 30.7 Å². The van der Waals surface area contributed by atoms with Crippen LogP contribution >= 0.6 is 11.8 Å². The second-order valence-corrected chi connectivity index (χ2v) is 5.49. The number of hydrogen-bond acceptors (Lipinski definition) is 5. The number of hydrogen-bond donors (Lipinski definition) is 0. The molecule has 1 saturated heterocycles. The lowest BCUT2D eigenvalue weighted by Gasteiger charge is -2.21. The number of carbonyl (C=O) groups is 3. The Kier molecular flexibility index (Phi) is 5.01. The number of esters is 1. The van der Waals surface area contributed by atoms with Gasteiger partial charge in [-0.15, -0.1) is 11.8 Å². The van der Waals surface area contributed by atoms with Crippen LogP contribution < -0.4 is 0 Å². The minimum atomic E-state index is -0.803. The lowest BCUT2D eigenvalue weighted by Crippen LogP contribution is -2.43. The maximum absolute atomic E-state index is 12.5. The van der Waals surface area contributed by atoms with Gasteiger partial charge in [0.15, 0.2) is 0 Å². The molecule has 1 atom stereocenters. The lowest BCUT2D eigenvalue weighted by atomic mass is 10.1. The molecule has 1 aliphatic rings. The summed E-state index contributed by atoms with van der Waals surface area (Å²) in [6.07, 6.45) is 2.43. The molecule has 1 fully saturated rings. The molecule has 1 aromatic rings. The van der Waals surface area contributed by atoms with Crippen molar-refractivity contribution in [3.63, 3.8) is 0 Å². The SMILES string of the molecule is CCOC(=O)C1CCC(=O)N1C(=O)c1cccc(SC)c1. The number of carbonyl (C=O) groups excluding carboxylic acids is 3. The molecule has 0 spiro atoms.